The minimum atomic E-state index is 0.0680. The lowest BCUT2D eigenvalue weighted by Crippen LogP contribution is -2.46. The Morgan fingerprint density at radius 3 is 2.50 bits per heavy atom. The van der Waals surface area contributed by atoms with E-state index in [9.17, 15) is 4.79 Å². The molecule has 2 N–H and O–H groups in total. The summed E-state index contributed by atoms with van der Waals surface area (Å²) in [6.45, 7) is 7.75. The number of nitrogens with zero attached hydrogens (tertiary/aromatic N) is 2. The minimum Gasteiger partial charge on any atom is -0.354 e. The Kier molecular flexibility index (Phi) is 8.04. The lowest BCUT2D eigenvalue weighted by molar-refractivity contribution is -0.130. The number of carbonyl (C=O) groups is 1. The molecule has 0 aromatic heterocycles. The van der Waals surface area contributed by atoms with Crippen molar-refractivity contribution in [2.45, 2.75) is 39.8 Å². The van der Waals surface area contributed by atoms with E-state index in [0.717, 1.165) is 12.0 Å². The first kappa shape index (κ1) is 18.0. The Labute approximate surface area is 133 Å². The molecule has 1 amide bonds. The Hall–Kier alpha value is -2.04. The van der Waals surface area contributed by atoms with Gasteiger partial charge in [-0.3, -0.25) is 9.79 Å². The predicted molar refractivity (Wildman–Crippen MR) is 91.8 cm³/mol. The molecule has 22 heavy (non-hydrogen) atoms. The summed E-state index contributed by atoms with van der Waals surface area (Å²) in [6.07, 6.45) is 1.00. The quantitative estimate of drug-likeness (QED) is 0.598. The van der Waals surface area contributed by atoms with Crippen molar-refractivity contribution in [1.29, 1.82) is 0 Å². The Bertz CT molecular complexity index is 473. The second-order valence-electron chi connectivity index (χ2n) is 5.27. The second kappa shape index (κ2) is 9.82. The van der Waals surface area contributed by atoms with Gasteiger partial charge < -0.3 is 15.5 Å². The molecule has 122 valence electrons. The molecular weight excluding hydrogens is 276 g/mol. The maximum Gasteiger partial charge on any atom is 0.242 e. The smallest absolute Gasteiger partial charge is 0.242 e. The molecule has 0 heterocycles. The van der Waals surface area contributed by atoms with Gasteiger partial charge in [0.05, 0.1) is 6.54 Å². The van der Waals surface area contributed by atoms with Gasteiger partial charge >= 0.3 is 0 Å². The highest BCUT2D eigenvalue weighted by molar-refractivity contribution is 5.86. The van der Waals surface area contributed by atoms with Crippen LogP contribution in [0.5, 0.6) is 0 Å². The molecule has 0 aliphatic rings. The van der Waals surface area contributed by atoms with Crippen LogP contribution in [0.15, 0.2) is 35.3 Å². The molecule has 1 aromatic rings. The summed E-state index contributed by atoms with van der Waals surface area (Å²) < 4.78 is 0. The summed E-state index contributed by atoms with van der Waals surface area (Å²) in [7, 11) is 1.71. The van der Waals surface area contributed by atoms with Crippen LogP contribution in [-0.4, -0.2) is 42.9 Å². The summed E-state index contributed by atoms with van der Waals surface area (Å²) in [6, 6.07) is 10.4. The van der Waals surface area contributed by atoms with Crippen LogP contribution in [0.3, 0.4) is 0 Å². The lowest BCUT2D eigenvalue weighted by Gasteiger charge is -2.22. The van der Waals surface area contributed by atoms with E-state index in [1.165, 1.54) is 0 Å². The van der Waals surface area contributed by atoms with E-state index in [0.29, 0.717) is 25.1 Å². The number of rotatable bonds is 7. The zero-order valence-electron chi connectivity index (χ0n) is 14.1. The predicted octanol–water partition coefficient (Wildman–Crippen LogP) is 2.00. The standard InChI is InChI=1S/C17H28N4O/c1-5-14(3)20-17(18-4)19-12-16(22)21(6-2)13-15-10-8-7-9-11-15/h7-11,14H,5-6,12-13H2,1-4H3,(H2,18,19,20). The van der Waals surface area contributed by atoms with Crippen molar-refractivity contribution in [3.8, 4) is 0 Å². The first-order chi connectivity index (χ1) is 10.6. The molecule has 0 aliphatic carbocycles. The number of hydrogen-bond donors (Lipinski definition) is 2. The molecule has 1 unspecified atom stereocenters. The van der Waals surface area contributed by atoms with Gasteiger partial charge in [-0.2, -0.15) is 0 Å². The molecule has 1 atom stereocenters. The zero-order chi connectivity index (χ0) is 16.4. The molecule has 1 aromatic carbocycles. The zero-order valence-corrected chi connectivity index (χ0v) is 14.1. The minimum absolute atomic E-state index is 0.0680. The highest BCUT2D eigenvalue weighted by Gasteiger charge is 2.13. The van der Waals surface area contributed by atoms with Crippen molar-refractivity contribution < 1.29 is 4.79 Å². The van der Waals surface area contributed by atoms with Crippen LogP contribution in [-0.2, 0) is 11.3 Å². The number of guanidine groups is 1. The van der Waals surface area contributed by atoms with E-state index >= 15 is 0 Å². The molecule has 0 saturated heterocycles. The third kappa shape index (κ3) is 6.16. The van der Waals surface area contributed by atoms with E-state index < -0.39 is 0 Å². The van der Waals surface area contributed by atoms with Gasteiger partial charge in [0.25, 0.3) is 0 Å². The molecule has 0 bridgehead atoms. The van der Waals surface area contributed by atoms with E-state index in [4.69, 9.17) is 0 Å². The summed E-state index contributed by atoms with van der Waals surface area (Å²) in [4.78, 5) is 18.3. The number of aliphatic imine (C=N–C) groups is 1. The topological polar surface area (TPSA) is 56.7 Å². The lowest BCUT2D eigenvalue weighted by atomic mass is 10.2. The number of carbonyl (C=O) groups excluding carboxylic acids is 1. The first-order valence-corrected chi connectivity index (χ1v) is 7.89. The van der Waals surface area contributed by atoms with Gasteiger partial charge in [-0.1, -0.05) is 37.3 Å². The van der Waals surface area contributed by atoms with Crippen LogP contribution in [0.1, 0.15) is 32.8 Å². The van der Waals surface area contributed by atoms with Gasteiger partial charge in [-0.25, -0.2) is 0 Å². The number of benzene rings is 1. The molecule has 0 aliphatic heterocycles. The van der Waals surface area contributed by atoms with Crippen molar-refractivity contribution in [2.24, 2.45) is 4.99 Å². The van der Waals surface area contributed by atoms with Crippen LogP contribution in [0, 0.1) is 0 Å². The average Bonchev–Trinajstić information content (AvgIpc) is 2.56. The third-order valence-corrected chi connectivity index (χ3v) is 3.58. The fourth-order valence-electron chi connectivity index (χ4n) is 1.98. The van der Waals surface area contributed by atoms with Gasteiger partial charge in [0.2, 0.25) is 5.91 Å². The van der Waals surface area contributed by atoms with Gasteiger partial charge in [-0.05, 0) is 25.8 Å². The number of amides is 1. The third-order valence-electron chi connectivity index (χ3n) is 3.58. The molecule has 0 fully saturated rings. The van der Waals surface area contributed by atoms with E-state index in [-0.39, 0.29) is 12.5 Å². The summed E-state index contributed by atoms with van der Waals surface area (Å²) >= 11 is 0. The van der Waals surface area contributed by atoms with Crippen molar-refractivity contribution in [2.75, 3.05) is 20.1 Å². The largest absolute Gasteiger partial charge is 0.354 e. The fraction of sp³-hybridized carbons (Fsp3) is 0.529. The van der Waals surface area contributed by atoms with Crippen LogP contribution in [0.2, 0.25) is 0 Å². The Morgan fingerprint density at radius 2 is 1.95 bits per heavy atom. The number of nitrogens with one attached hydrogen (secondary N) is 2. The molecule has 0 saturated carbocycles. The maximum atomic E-state index is 12.3. The SMILES string of the molecule is CCC(C)NC(=NC)NCC(=O)N(CC)Cc1ccccc1. The summed E-state index contributed by atoms with van der Waals surface area (Å²) in [5.41, 5.74) is 1.14. The highest BCUT2D eigenvalue weighted by atomic mass is 16.2. The van der Waals surface area contributed by atoms with Crippen LogP contribution < -0.4 is 10.6 Å². The van der Waals surface area contributed by atoms with Crippen molar-refractivity contribution in [1.82, 2.24) is 15.5 Å². The van der Waals surface area contributed by atoms with Gasteiger partial charge in [-0.15, -0.1) is 0 Å². The van der Waals surface area contributed by atoms with E-state index in [1.807, 2.05) is 42.2 Å². The van der Waals surface area contributed by atoms with Crippen LogP contribution >= 0.6 is 0 Å². The average molecular weight is 304 g/mol. The molecule has 0 radical (unpaired) electrons. The molecular formula is C17H28N4O. The van der Waals surface area contributed by atoms with Crippen LogP contribution in [0.25, 0.3) is 0 Å². The second-order valence-corrected chi connectivity index (χ2v) is 5.27. The molecule has 1 rings (SSSR count). The normalized spacial score (nSPS) is 12.6. The Morgan fingerprint density at radius 1 is 1.27 bits per heavy atom. The summed E-state index contributed by atoms with van der Waals surface area (Å²) in [5, 5.41) is 6.33. The summed E-state index contributed by atoms with van der Waals surface area (Å²) in [5.74, 6) is 0.733. The van der Waals surface area contributed by atoms with Crippen molar-refractivity contribution in [3.63, 3.8) is 0 Å². The number of likely N-dealkylation sites (N-methyl/N-ethyl adjacent to an activating group) is 1. The Balaban J connectivity index is 2.51. The van der Waals surface area contributed by atoms with Crippen LogP contribution in [0.4, 0.5) is 0 Å². The maximum absolute atomic E-state index is 12.3. The van der Waals surface area contributed by atoms with Gasteiger partial charge in [0.1, 0.15) is 0 Å². The monoisotopic (exact) mass is 304 g/mol. The van der Waals surface area contributed by atoms with Crippen molar-refractivity contribution >= 4 is 11.9 Å². The van der Waals surface area contributed by atoms with Gasteiger partial charge in [0, 0.05) is 26.2 Å². The fourth-order valence-corrected chi connectivity index (χ4v) is 1.98. The van der Waals surface area contributed by atoms with E-state index in [1.54, 1.807) is 7.05 Å². The highest BCUT2D eigenvalue weighted by Crippen LogP contribution is 2.04. The van der Waals surface area contributed by atoms with E-state index in [2.05, 4.69) is 29.5 Å². The molecule has 5 heteroatoms. The van der Waals surface area contributed by atoms with Crippen molar-refractivity contribution in [3.05, 3.63) is 35.9 Å². The number of hydrogen-bond acceptors (Lipinski definition) is 2. The molecule has 0 spiro atoms. The molecule has 5 nitrogen and oxygen atoms in total. The van der Waals surface area contributed by atoms with Gasteiger partial charge in [0.15, 0.2) is 5.96 Å². The first-order valence-electron chi connectivity index (χ1n) is 7.89.